The zero-order valence-corrected chi connectivity index (χ0v) is 10.9. The first kappa shape index (κ1) is 12.9. The molecule has 0 spiro atoms. The van der Waals surface area contributed by atoms with Gasteiger partial charge < -0.3 is 10.1 Å². The molecule has 0 aliphatic heterocycles. The summed E-state index contributed by atoms with van der Waals surface area (Å²) in [6.07, 6.45) is 6.48. The van der Waals surface area contributed by atoms with Gasteiger partial charge in [-0.3, -0.25) is 4.79 Å². The molecule has 1 saturated carbocycles. The molecular weight excluding hydrogens is 226 g/mol. The standard InChI is InChI=1S/C15H21NO2/c1-18-14-9-5-6-12(10-14)11-15(17)16-13-7-3-2-4-8-13/h5-6,9-10,13H,2-4,7-8,11H2,1H3,(H,16,17). The Balaban J connectivity index is 1.85. The van der Waals surface area contributed by atoms with Crippen LogP contribution in [0, 0.1) is 0 Å². The molecule has 98 valence electrons. The molecule has 0 bridgehead atoms. The fourth-order valence-corrected chi connectivity index (χ4v) is 2.49. The van der Waals surface area contributed by atoms with Crippen molar-refractivity contribution in [2.24, 2.45) is 0 Å². The van der Waals surface area contributed by atoms with Crippen molar-refractivity contribution in [3.05, 3.63) is 29.8 Å². The minimum atomic E-state index is 0.121. The number of amides is 1. The van der Waals surface area contributed by atoms with Crippen molar-refractivity contribution >= 4 is 5.91 Å². The van der Waals surface area contributed by atoms with Gasteiger partial charge in [-0.25, -0.2) is 0 Å². The molecule has 0 atom stereocenters. The molecule has 2 rings (SSSR count). The maximum atomic E-state index is 11.9. The zero-order valence-electron chi connectivity index (χ0n) is 10.9. The van der Waals surface area contributed by atoms with Crippen LogP contribution in [0.25, 0.3) is 0 Å². The van der Waals surface area contributed by atoms with Gasteiger partial charge in [-0.05, 0) is 30.5 Å². The summed E-state index contributed by atoms with van der Waals surface area (Å²) in [6, 6.07) is 8.07. The lowest BCUT2D eigenvalue weighted by atomic mass is 9.95. The number of hydrogen-bond acceptors (Lipinski definition) is 2. The Kier molecular flexibility index (Phi) is 4.62. The third-order valence-electron chi connectivity index (χ3n) is 3.47. The average Bonchev–Trinajstić information content (AvgIpc) is 2.40. The van der Waals surface area contributed by atoms with E-state index in [9.17, 15) is 4.79 Å². The lowest BCUT2D eigenvalue weighted by molar-refractivity contribution is -0.121. The van der Waals surface area contributed by atoms with Gasteiger partial charge in [0.15, 0.2) is 0 Å². The zero-order chi connectivity index (χ0) is 12.8. The van der Waals surface area contributed by atoms with E-state index in [4.69, 9.17) is 4.74 Å². The molecule has 18 heavy (non-hydrogen) atoms. The molecular formula is C15H21NO2. The largest absolute Gasteiger partial charge is 0.497 e. The highest BCUT2D eigenvalue weighted by molar-refractivity contribution is 5.79. The van der Waals surface area contributed by atoms with Gasteiger partial charge in [-0.2, -0.15) is 0 Å². The predicted octanol–water partition coefficient (Wildman–Crippen LogP) is 2.69. The number of hydrogen-bond donors (Lipinski definition) is 1. The highest BCUT2D eigenvalue weighted by Gasteiger charge is 2.15. The maximum Gasteiger partial charge on any atom is 0.224 e. The second-order valence-corrected chi connectivity index (χ2v) is 4.93. The quantitative estimate of drug-likeness (QED) is 0.888. The lowest BCUT2D eigenvalue weighted by Gasteiger charge is -2.22. The third kappa shape index (κ3) is 3.76. The van der Waals surface area contributed by atoms with E-state index in [1.54, 1.807) is 7.11 Å². The Labute approximate surface area is 109 Å². The molecule has 1 aliphatic carbocycles. The van der Waals surface area contributed by atoms with Gasteiger partial charge in [-0.1, -0.05) is 31.4 Å². The van der Waals surface area contributed by atoms with Crippen molar-refractivity contribution < 1.29 is 9.53 Å². The molecule has 1 aromatic carbocycles. The lowest BCUT2D eigenvalue weighted by Crippen LogP contribution is -2.37. The first-order valence-electron chi connectivity index (χ1n) is 6.70. The Morgan fingerprint density at radius 2 is 2.11 bits per heavy atom. The van der Waals surface area contributed by atoms with E-state index >= 15 is 0 Å². The van der Waals surface area contributed by atoms with Crippen LogP contribution in [0.2, 0.25) is 0 Å². The Morgan fingerprint density at radius 1 is 1.33 bits per heavy atom. The minimum absolute atomic E-state index is 0.121. The molecule has 0 heterocycles. The normalized spacial score (nSPS) is 16.3. The van der Waals surface area contributed by atoms with Crippen molar-refractivity contribution in [1.29, 1.82) is 0 Å². The second kappa shape index (κ2) is 6.43. The summed E-state index contributed by atoms with van der Waals surface area (Å²) in [5.74, 6) is 0.924. The summed E-state index contributed by atoms with van der Waals surface area (Å²) in [5, 5.41) is 3.13. The summed E-state index contributed by atoms with van der Waals surface area (Å²) in [5.41, 5.74) is 1.00. The molecule has 1 aromatic rings. The molecule has 1 fully saturated rings. The van der Waals surface area contributed by atoms with Crippen molar-refractivity contribution in [2.75, 3.05) is 7.11 Å². The summed E-state index contributed by atoms with van der Waals surface area (Å²) in [7, 11) is 1.64. The van der Waals surface area contributed by atoms with E-state index in [-0.39, 0.29) is 5.91 Å². The maximum absolute atomic E-state index is 11.9. The summed E-state index contributed by atoms with van der Waals surface area (Å²) in [6.45, 7) is 0. The monoisotopic (exact) mass is 247 g/mol. The van der Waals surface area contributed by atoms with Crippen LogP contribution in [0.4, 0.5) is 0 Å². The van der Waals surface area contributed by atoms with E-state index in [2.05, 4.69) is 5.32 Å². The fraction of sp³-hybridized carbons (Fsp3) is 0.533. The van der Waals surface area contributed by atoms with Gasteiger partial charge in [0.25, 0.3) is 0 Å². The van der Waals surface area contributed by atoms with Gasteiger partial charge in [0, 0.05) is 6.04 Å². The van der Waals surface area contributed by atoms with Crippen LogP contribution in [0.3, 0.4) is 0 Å². The Morgan fingerprint density at radius 3 is 2.83 bits per heavy atom. The molecule has 0 unspecified atom stereocenters. The van der Waals surface area contributed by atoms with Gasteiger partial charge in [0.05, 0.1) is 13.5 Å². The van der Waals surface area contributed by atoms with Crippen LogP contribution < -0.4 is 10.1 Å². The van der Waals surface area contributed by atoms with Crippen molar-refractivity contribution in [2.45, 2.75) is 44.6 Å². The average molecular weight is 247 g/mol. The van der Waals surface area contributed by atoms with Crippen molar-refractivity contribution in [3.8, 4) is 5.75 Å². The van der Waals surface area contributed by atoms with Crippen LogP contribution in [-0.2, 0) is 11.2 Å². The molecule has 1 amide bonds. The van der Waals surface area contributed by atoms with E-state index in [1.165, 1.54) is 19.3 Å². The van der Waals surface area contributed by atoms with Crippen LogP contribution >= 0.6 is 0 Å². The number of carbonyl (C=O) groups is 1. The number of carbonyl (C=O) groups excluding carboxylic acids is 1. The number of methoxy groups -OCH3 is 1. The van der Waals surface area contributed by atoms with Gasteiger partial charge in [0.2, 0.25) is 5.91 Å². The SMILES string of the molecule is COc1cccc(CC(=O)NC2CCCCC2)c1. The van der Waals surface area contributed by atoms with Crippen molar-refractivity contribution in [1.82, 2.24) is 5.32 Å². The summed E-state index contributed by atoms with van der Waals surface area (Å²) in [4.78, 5) is 11.9. The Bertz CT molecular complexity index is 397. The number of benzene rings is 1. The number of rotatable bonds is 4. The van der Waals surface area contributed by atoms with E-state index in [0.717, 1.165) is 24.2 Å². The highest BCUT2D eigenvalue weighted by Crippen LogP contribution is 2.18. The minimum Gasteiger partial charge on any atom is -0.497 e. The van der Waals surface area contributed by atoms with Crippen LogP contribution in [0.5, 0.6) is 5.75 Å². The number of ether oxygens (including phenoxy) is 1. The molecule has 3 heteroatoms. The topological polar surface area (TPSA) is 38.3 Å². The van der Waals surface area contributed by atoms with Gasteiger partial charge in [0.1, 0.15) is 5.75 Å². The van der Waals surface area contributed by atoms with Gasteiger partial charge in [-0.15, -0.1) is 0 Å². The number of nitrogens with one attached hydrogen (secondary N) is 1. The molecule has 0 aromatic heterocycles. The van der Waals surface area contributed by atoms with Crippen molar-refractivity contribution in [3.63, 3.8) is 0 Å². The summed E-state index contributed by atoms with van der Waals surface area (Å²) < 4.78 is 5.15. The van der Waals surface area contributed by atoms with Crippen LogP contribution in [-0.4, -0.2) is 19.1 Å². The molecule has 3 nitrogen and oxygen atoms in total. The first-order valence-corrected chi connectivity index (χ1v) is 6.70. The van der Waals surface area contributed by atoms with E-state index in [0.29, 0.717) is 12.5 Å². The molecule has 0 radical (unpaired) electrons. The highest BCUT2D eigenvalue weighted by atomic mass is 16.5. The molecule has 1 aliphatic rings. The smallest absolute Gasteiger partial charge is 0.224 e. The summed E-state index contributed by atoms with van der Waals surface area (Å²) >= 11 is 0. The molecule has 1 N–H and O–H groups in total. The van der Waals surface area contributed by atoms with E-state index in [1.807, 2.05) is 24.3 Å². The fourth-order valence-electron chi connectivity index (χ4n) is 2.49. The predicted molar refractivity (Wildman–Crippen MR) is 71.7 cm³/mol. The van der Waals surface area contributed by atoms with E-state index < -0.39 is 0 Å². The third-order valence-corrected chi connectivity index (χ3v) is 3.47. The second-order valence-electron chi connectivity index (χ2n) is 4.93. The van der Waals surface area contributed by atoms with Crippen LogP contribution in [0.15, 0.2) is 24.3 Å². The van der Waals surface area contributed by atoms with Gasteiger partial charge >= 0.3 is 0 Å². The van der Waals surface area contributed by atoms with Crippen LogP contribution in [0.1, 0.15) is 37.7 Å². The first-order chi connectivity index (χ1) is 8.78. The molecule has 0 saturated heterocycles. The Hall–Kier alpha value is -1.51.